The normalized spacial score (nSPS) is 19.0. The van der Waals surface area contributed by atoms with E-state index in [1.165, 1.54) is 11.1 Å². The summed E-state index contributed by atoms with van der Waals surface area (Å²) < 4.78 is 6.57. The third-order valence-corrected chi connectivity index (χ3v) is 5.49. The van der Waals surface area contributed by atoms with E-state index >= 15 is 0 Å². The van der Waals surface area contributed by atoms with Crippen molar-refractivity contribution in [1.82, 2.24) is 0 Å². The van der Waals surface area contributed by atoms with Crippen LogP contribution < -0.4 is 0 Å². The molecule has 132 valence electrons. The maximum atomic E-state index is 6.57. The topological polar surface area (TPSA) is 9.23 Å². The van der Waals surface area contributed by atoms with Gasteiger partial charge in [0.15, 0.2) is 0 Å². The molecule has 0 aromatic rings. The van der Waals surface area contributed by atoms with E-state index in [0.717, 1.165) is 38.5 Å². The summed E-state index contributed by atoms with van der Waals surface area (Å²) in [6, 6.07) is 0. The van der Waals surface area contributed by atoms with Crippen LogP contribution >= 0.6 is 0 Å². The van der Waals surface area contributed by atoms with Crippen LogP contribution in [0.4, 0.5) is 0 Å². The van der Waals surface area contributed by atoms with Gasteiger partial charge in [-0.1, -0.05) is 71.5 Å². The van der Waals surface area contributed by atoms with Crippen molar-refractivity contribution >= 4 is 7.85 Å². The minimum Gasteiger partial charge on any atom is -0.370 e. The lowest BCUT2D eigenvalue weighted by Gasteiger charge is -2.44. The molecule has 1 nitrogen and oxygen atoms in total. The van der Waals surface area contributed by atoms with Crippen LogP contribution in [-0.2, 0) is 4.74 Å². The first-order chi connectivity index (χ1) is 10.8. The van der Waals surface area contributed by atoms with Crippen LogP contribution in [0.2, 0.25) is 5.82 Å². The van der Waals surface area contributed by atoms with Crippen molar-refractivity contribution in [2.24, 2.45) is 5.41 Å². The predicted octanol–water partition coefficient (Wildman–Crippen LogP) is 6.65. The van der Waals surface area contributed by atoms with Gasteiger partial charge in [0.2, 0.25) is 0 Å². The SMILES string of the molecule is [B]C(C)C(CCC)(COC(C)(CCC)C(=C)CC)/C(=C/C)CC. The quantitative estimate of drug-likeness (QED) is 0.289. The highest BCUT2D eigenvalue weighted by molar-refractivity contribution is 6.12. The average Bonchev–Trinajstić information content (AvgIpc) is 2.52. The standard InChI is InChI=1S/C21H39BO/c1-9-14-20(8,17(6)11-3)23-16-21(15-10-2,18(7)22)19(12-4)13-5/h12,18H,6,9-11,13-16H2,1-5,7-8H3/b19-12+. The summed E-state index contributed by atoms with van der Waals surface area (Å²) in [4.78, 5) is 0. The first-order valence-electron chi connectivity index (χ1n) is 9.51. The molecule has 0 spiro atoms. The Morgan fingerprint density at radius 3 is 2.04 bits per heavy atom. The summed E-state index contributed by atoms with van der Waals surface area (Å²) in [6.45, 7) is 20.2. The summed E-state index contributed by atoms with van der Waals surface area (Å²) in [7, 11) is 6.48. The smallest absolute Gasteiger partial charge is 0.0861 e. The van der Waals surface area contributed by atoms with Gasteiger partial charge in [-0.2, -0.15) is 0 Å². The Bertz CT molecular complexity index is 385. The molecule has 0 aliphatic carbocycles. The molecule has 0 rings (SSSR count). The summed E-state index contributed by atoms with van der Waals surface area (Å²) in [5, 5.41) is 0. The van der Waals surface area contributed by atoms with Crippen molar-refractivity contribution < 1.29 is 4.74 Å². The Balaban J connectivity index is 5.57. The molecule has 0 heterocycles. The Morgan fingerprint density at radius 1 is 1.13 bits per heavy atom. The molecule has 0 saturated carbocycles. The van der Waals surface area contributed by atoms with E-state index in [4.69, 9.17) is 12.6 Å². The highest BCUT2D eigenvalue weighted by atomic mass is 16.5. The second-order valence-electron chi connectivity index (χ2n) is 7.09. The summed E-state index contributed by atoms with van der Waals surface area (Å²) >= 11 is 0. The van der Waals surface area contributed by atoms with Crippen LogP contribution in [0.3, 0.4) is 0 Å². The highest BCUT2D eigenvalue weighted by Gasteiger charge is 2.38. The van der Waals surface area contributed by atoms with Gasteiger partial charge in [0.1, 0.15) is 0 Å². The van der Waals surface area contributed by atoms with Crippen molar-refractivity contribution in [3.63, 3.8) is 0 Å². The van der Waals surface area contributed by atoms with E-state index < -0.39 is 0 Å². The molecule has 2 heteroatoms. The zero-order chi connectivity index (χ0) is 18.1. The fourth-order valence-corrected chi connectivity index (χ4v) is 3.76. The number of hydrogen-bond donors (Lipinski definition) is 0. The molecular weight excluding hydrogens is 279 g/mol. The minimum absolute atomic E-state index is 0.0682. The Morgan fingerprint density at radius 2 is 1.70 bits per heavy atom. The second-order valence-corrected chi connectivity index (χ2v) is 7.09. The molecule has 0 aromatic heterocycles. The molecule has 3 atom stereocenters. The second kappa shape index (κ2) is 10.4. The van der Waals surface area contributed by atoms with Gasteiger partial charge in [-0.3, -0.25) is 0 Å². The molecule has 0 aliphatic rings. The molecule has 23 heavy (non-hydrogen) atoms. The molecule has 0 aromatic carbocycles. The van der Waals surface area contributed by atoms with Crippen LogP contribution in [0.25, 0.3) is 0 Å². The molecule has 0 amide bonds. The predicted molar refractivity (Wildman–Crippen MR) is 105 cm³/mol. The Kier molecular flexibility index (Phi) is 10.2. The van der Waals surface area contributed by atoms with E-state index in [-0.39, 0.29) is 16.8 Å². The fourth-order valence-electron chi connectivity index (χ4n) is 3.76. The van der Waals surface area contributed by atoms with Gasteiger partial charge < -0.3 is 4.74 Å². The number of allylic oxidation sites excluding steroid dienone is 1. The molecule has 3 unspecified atom stereocenters. The number of hydrogen-bond acceptors (Lipinski definition) is 1. The van der Waals surface area contributed by atoms with Crippen molar-refractivity contribution in [2.75, 3.05) is 6.61 Å². The van der Waals surface area contributed by atoms with Gasteiger partial charge in [0.05, 0.1) is 20.1 Å². The Labute approximate surface area is 147 Å². The first kappa shape index (κ1) is 22.5. The maximum Gasteiger partial charge on any atom is 0.0861 e. The summed E-state index contributed by atoms with van der Waals surface area (Å²) in [5.41, 5.74) is 2.30. The van der Waals surface area contributed by atoms with Crippen LogP contribution in [0.15, 0.2) is 23.8 Å². The van der Waals surface area contributed by atoms with E-state index in [9.17, 15) is 0 Å². The number of ether oxygens (including phenoxy) is 1. The van der Waals surface area contributed by atoms with Crippen LogP contribution in [0.1, 0.15) is 87.0 Å². The molecular formula is C21H39BO. The van der Waals surface area contributed by atoms with Crippen molar-refractivity contribution in [3.8, 4) is 0 Å². The van der Waals surface area contributed by atoms with Gasteiger partial charge in [-0.05, 0) is 45.1 Å². The zero-order valence-corrected chi connectivity index (χ0v) is 16.8. The van der Waals surface area contributed by atoms with Crippen LogP contribution in [-0.4, -0.2) is 20.1 Å². The van der Waals surface area contributed by atoms with Gasteiger partial charge in [0, 0.05) is 5.41 Å². The van der Waals surface area contributed by atoms with Crippen molar-refractivity contribution in [3.05, 3.63) is 23.8 Å². The fraction of sp³-hybridized carbons (Fsp3) is 0.810. The van der Waals surface area contributed by atoms with Gasteiger partial charge in [-0.15, -0.1) is 0 Å². The molecule has 0 bridgehead atoms. The minimum atomic E-state index is -0.246. The molecule has 2 radical (unpaired) electrons. The molecule has 0 N–H and O–H groups in total. The lowest BCUT2D eigenvalue weighted by Crippen LogP contribution is -2.40. The average molecular weight is 318 g/mol. The molecule has 0 fully saturated rings. The Hall–Kier alpha value is -0.495. The maximum absolute atomic E-state index is 6.57. The number of rotatable bonds is 12. The van der Waals surface area contributed by atoms with E-state index in [1.807, 2.05) is 0 Å². The molecule has 0 saturated heterocycles. The summed E-state index contributed by atoms with van der Waals surface area (Å²) in [5.74, 6) is 0.0781. The molecule has 0 aliphatic heterocycles. The van der Waals surface area contributed by atoms with Crippen molar-refractivity contribution in [2.45, 2.75) is 98.4 Å². The van der Waals surface area contributed by atoms with Crippen molar-refractivity contribution in [1.29, 1.82) is 0 Å². The third-order valence-electron chi connectivity index (χ3n) is 5.49. The lowest BCUT2D eigenvalue weighted by atomic mass is 9.60. The van der Waals surface area contributed by atoms with E-state index in [2.05, 4.69) is 61.1 Å². The monoisotopic (exact) mass is 318 g/mol. The first-order valence-corrected chi connectivity index (χ1v) is 9.51. The van der Waals surface area contributed by atoms with Gasteiger partial charge in [0.25, 0.3) is 0 Å². The summed E-state index contributed by atoms with van der Waals surface area (Å²) in [6.07, 6.45) is 8.52. The van der Waals surface area contributed by atoms with Gasteiger partial charge in [-0.25, -0.2) is 0 Å². The third kappa shape index (κ3) is 5.52. The largest absolute Gasteiger partial charge is 0.370 e. The zero-order valence-electron chi connectivity index (χ0n) is 16.8. The van der Waals surface area contributed by atoms with E-state index in [0.29, 0.717) is 6.61 Å². The van der Waals surface area contributed by atoms with Gasteiger partial charge >= 0.3 is 0 Å². The van der Waals surface area contributed by atoms with E-state index in [1.54, 1.807) is 0 Å². The van der Waals surface area contributed by atoms with Crippen LogP contribution in [0.5, 0.6) is 0 Å². The highest BCUT2D eigenvalue weighted by Crippen LogP contribution is 2.45. The lowest BCUT2D eigenvalue weighted by molar-refractivity contribution is -0.0522. The van der Waals surface area contributed by atoms with Crippen LogP contribution in [0, 0.1) is 5.41 Å².